The van der Waals surface area contributed by atoms with Crippen LogP contribution in [0.2, 0.25) is 0 Å². The van der Waals surface area contributed by atoms with Crippen LogP contribution in [0.4, 0.5) is 0 Å². The summed E-state index contributed by atoms with van der Waals surface area (Å²) in [7, 11) is 0. The lowest BCUT2D eigenvalue weighted by atomic mass is 10.2. The summed E-state index contributed by atoms with van der Waals surface area (Å²) in [6.07, 6.45) is 1.73. The molecule has 76 valence electrons. The van der Waals surface area contributed by atoms with E-state index in [0.717, 1.165) is 10.2 Å². The first kappa shape index (κ1) is 11.2. The number of pyridine rings is 1. The number of aromatic nitrogens is 1. The van der Waals surface area contributed by atoms with Crippen molar-refractivity contribution in [2.24, 2.45) is 0 Å². The second-order valence-electron chi connectivity index (χ2n) is 4.00. The summed E-state index contributed by atoms with van der Waals surface area (Å²) in [5, 5.41) is 0. The molecule has 0 aliphatic heterocycles. The molecular weight excluding hydrogens is 242 g/mol. The van der Waals surface area contributed by atoms with E-state index in [1.54, 1.807) is 6.20 Å². The molecule has 0 saturated heterocycles. The summed E-state index contributed by atoms with van der Waals surface area (Å²) in [5.41, 5.74) is 0.536. The van der Waals surface area contributed by atoms with Gasteiger partial charge < -0.3 is 4.74 Å². The molecule has 0 bridgehead atoms. The number of halogens is 1. The lowest BCUT2D eigenvalue weighted by Crippen LogP contribution is -2.18. The Morgan fingerprint density at radius 3 is 2.50 bits per heavy atom. The predicted molar refractivity (Wildman–Crippen MR) is 61.8 cm³/mol. The first-order valence-electron chi connectivity index (χ1n) is 4.38. The van der Waals surface area contributed by atoms with E-state index in [0.29, 0.717) is 5.76 Å². The molecule has 0 aliphatic carbocycles. The van der Waals surface area contributed by atoms with Gasteiger partial charge in [0.05, 0.1) is 0 Å². The van der Waals surface area contributed by atoms with Crippen LogP contribution < -0.4 is 0 Å². The van der Waals surface area contributed by atoms with Gasteiger partial charge in [0, 0.05) is 10.7 Å². The highest BCUT2D eigenvalue weighted by Crippen LogP contribution is 2.20. The van der Waals surface area contributed by atoms with E-state index in [9.17, 15) is 0 Å². The molecule has 0 fully saturated rings. The maximum Gasteiger partial charge on any atom is 0.138 e. The van der Waals surface area contributed by atoms with Crippen LogP contribution in [-0.4, -0.2) is 10.6 Å². The highest BCUT2D eigenvalue weighted by molar-refractivity contribution is 9.10. The lowest BCUT2D eigenvalue weighted by molar-refractivity contribution is 0.0970. The van der Waals surface area contributed by atoms with Crippen molar-refractivity contribution < 1.29 is 4.74 Å². The molecule has 3 heteroatoms. The van der Waals surface area contributed by atoms with Crippen LogP contribution in [0.1, 0.15) is 26.5 Å². The maximum absolute atomic E-state index is 5.59. The minimum atomic E-state index is -0.230. The Balaban J connectivity index is 2.76. The van der Waals surface area contributed by atoms with Gasteiger partial charge in [0.25, 0.3) is 0 Å². The fourth-order valence-electron chi connectivity index (χ4n) is 0.963. The monoisotopic (exact) mass is 255 g/mol. The van der Waals surface area contributed by atoms with Crippen LogP contribution in [0.5, 0.6) is 0 Å². The molecule has 1 rings (SSSR count). The van der Waals surface area contributed by atoms with Crippen LogP contribution in [0.25, 0.3) is 5.76 Å². The van der Waals surface area contributed by atoms with Crippen molar-refractivity contribution in [1.82, 2.24) is 4.98 Å². The first-order valence-corrected chi connectivity index (χ1v) is 5.17. The SMILES string of the molecule is C=C(OC(C)(C)C)c1ccc(Br)cn1. The Hall–Kier alpha value is -0.830. The molecule has 0 N–H and O–H groups in total. The van der Waals surface area contributed by atoms with Crippen molar-refractivity contribution in [2.45, 2.75) is 26.4 Å². The van der Waals surface area contributed by atoms with E-state index < -0.39 is 0 Å². The fourth-order valence-corrected chi connectivity index (χ4v) is 1.20. The van der Waals surface area contributed by atoms with Crippen LogP contribution in [-0.2, 0) is 4.74 Å². The largest absolute Gasteiger partial charge is 0.487 e. The quantitative estimate of drug-likeness (QED) is 0.754. The Kier molecular flexibility index (Phi) is 3.32. The van der Waals surface area contributed by atoms with E-state index >= 15 is 0 Å². The van der Waals surface area contributed by atoms with Crippen LogP contribution in [0.3, 0.4) is 0 Å². The highest BCUT2D eigenvalue weighted by Gasteiger charge is 2.13. The zero-order valence-electron chi connectivity index (χ0n) is 8.67. The Morgan fingerprint density at radius 2 is 2.07 bits per heavy atom. The van der Waals surface area contributed by atoms with Gasteiger partial charge in [-0.15, -0.1) is 0 Å². The van der Waals surface area contributed by atoms with Gasteiger partial charge in [-0.2, -0.15) is 0 Å². The fraction of sp³-hybridized carbons (Fsp3) is 0.364. The average molecular weight is 256 g/mol. The van der Waals surface area contributed by atoms with Crippen LogP contribution in [0, 0.1) is 0 Å². The van der Waals surface area contributed by atoms with Crippen molar-refractivity contribution in [3.05, 3.63) is 35.1 Å². The summed E-state index contributed by atoms with van der Waals surface area (Å²) in [5.74, 6) is 0.602. The molecule has 0 unspecified atom stereocenters. The van der Waals surface area contributed by atoms with E-state index in [-0.39, 0.29) is 5.60 Å². The number of hydrogen-bond acceptors (Lipinski definition) is 2. The zero-order chi connectivity index (χ0) is 10.8. The minimum Gasteiger partial charge on any atom is -0.487 e. The summed E-state index contributed by atoms with van der Waals surface area (Å²) >= 11 is 3.32. The standard InChI is InChI=1S/C11H14BrNO/c1-8(14-11(2,3)4)10-6-5-9(12)7-13-10/h5-7H,1H2,2-4H3. The molecule has 0 saturated carbocycles. The van der Waals surface area contributed by atoms with E-state index in [1.165, 1.54) is 0 Å². The maximum atomic E-state index is 5.59. The molecule has 0 aliphatic rings. The lowest BCUT2D eigenvalue weighted by Gasteiger charge is -2.22. The second-order valence-corrected chi connectivity index (χ2v) is 4.91. The molecule has 0 amide bonds. The topological polar surface area (TPSA) is 22.1 Å². The van der Waals surface area contributed by atoms with Crippen LogP contribution in [0.15, 0.2) is 29.4 Å². The summed E-state index contributed by atoms with van der Waals surface area (Å²) < 4.78 is 6.54. The Labute approximate surface area is 93.1 Å². The van der Waals surface area contributed by atoms with Gasteiger partial charge >= 0.3 is 0 Å². The van der Waals surface area contributed by atoms with Crippen molar-refractivity contribution in [3.8, 4) is 0 Å². The smallest absolute Gasteiger partial charge is 0.138 e. The van der Waals surface area contributed by atoms with Crippen molar-refractivity contribution in [2.75, 3.05) is 0 Å². The molecule has 1 aromatic heterocycles. The first-order chi connectivity index (χ1) is 6.38. The van der Waals surface area contributed by atoms with E-state index in [4.69, 9.17) is 4.74 Å². The average Bonchev–Trinajstić information content (AvgIpc) is 2.02. The predicted octanol–water partition coefficient (Wildman–Crippen LogP) is 3.63. The Morgan fingerprint density at radius 1 is 1.43 bits per heavy atom. The summed E-state index contributed by atoms with van der Waals surface area (Å²) in [6, 6.07) is 3.79. The molecular formula is C11H14BrNO. The van der Waals surface area contributed by atoms with Gasteiger partial charge in [0.15, 0.2) is 0 Å². The van der Waals surface area contributed by atoms with Crippen molar-refractivity contribution in [3.63, 3.8) is 0 Å². The van der Waals surface area contributed by atoms with Gasteiger partial charge in [-0.25, -0.2) is 0 Å². The third kappa shape index (κ3) is 3.50. The van der Waals surface area contributed by atoms with Gasteiger partial charge in [-0.3, -0.25) is 4.98 Å². The van der Waals surface area contributed by atoms with Gasteiger partial charge in [-0.05, 0) is 48.8 Å². The minimum absolute atomic E-state index is 0.230. The second kappa shape index (κ2) is 4.13. The number of nitrogens with zero attached hydrogens (tertiary/aromatic N) is 1. The Bertz CT molecular complexity index is 324. The van der Waals surface area contributed by atoms with Crippen molar-refractivity contribution in [1.29, 1.82) is 0 Å². The third-order valence-corrected chi connectivity index (χ3v) is 1.91. The van der Waals surface area contributed by atoms with Crippen LogP contribution >= 0.6 is 15.9 Å². The zero-order valence-corrected chi connectivity index (χ0v) is 10.3. The molecule has 0 spiro atoms. The molecule has 14 heavy (non-hydrogen) atoms. The molecule has 0 atom stereocenters. The van der Waals surface area contributed by atoms with Gasteiger partial charge in [0.1, 0.15) is 17.1 Å². The number of ether oxygens (including phenoxy) is 1. The molecule has 1 aromatic rings. The summed E-state index contributed by atoms with van der Waals surface area (Å²) in [4.78, 5) is 4.19. The molecule has 1 heterocycles. The molecule has 0 radical (unpaired) electrons. The molecule has 2 nitrogen and oxygen atoms in total. The molecule has 0 aromatic carbocycles. The number of rotatable bonds is 2. The highest BCUT2D eigenvalue weighted by atomic mass is 79.9. The van der Waals surface area contributed by atoms with E-state index in [1.807, 2.05) is 32.9 Å². The van der Waals surface area contributed by atoms with E-state index in [2.05, 4.69) is 27.5 Å². The summed E-state index contributed by atoms with van der Waals surface area (Å²) in [6.45, 7) is 9.79. The third-order valence-electron chi connectivity index (χ3n) is 1.44. The number of hydrogen-bond donors (Lipinski definition) is 0. The normalized spacial score (nSPS) is 11.1. The van der Waals surface area contributed by atoms with Crippen molar-refractivity contribution >= 4 is 21.7 Å². The van der Waals surface area contributed by atoms with Gasteiger partial charge in [0.2, 0.25) is 0 Å². The van der Waals surface area contributed by atoms with Gasteiger partial charge in [-0.1, -0.05) is 6.58 Å².